The monoisotopic (exact) mass is 1340 g/mol. The number of hydrogen-bond acceptors (Lipinski definition) is 8. The SMILES string of the molecule is CCCCCCCC/C=C\CCCCCCCC(=O)O.CCCCCCCC/C=C\CCCCCCCC(=O)O.CCCCCCCC/C=C\CCCCCCCC(=O)O.CCCCCCCCCCCC(=O)O.CCCCCCCCCCCC(=O)O.OCC(O)CO. The molecule has 560 valence electrons. The summed E-state index contributed by atoms with van der Waals surface area (Å²) in [5.74, 6) is -3.31. The Kier molecular flexibility index (Phi) is 106. The van der Waals surface area contributed by atoms with Crippen LogP contribution in [0.5, 0.6) is 0 Å². The van der Waals surface area contributed by atoms with Gasteiger partial charge in [-0.05, 0) is 109 Å². The Balaban J connectivity index is -0.000000253. The Morgan fingerprint density at radius 2 is 0.330 bits per heavy atom. The fourth-order valence-corrected chi connectivity index (χ4v) is 10.3. The molecule has 0 unspecified atom stereocenters. The van der Waals surface area contributed by atoms with Crippen molar-refractivity contribution in [3.05, 3.63) is 36.5 Å². The first-order valence-corrected chi connectivity index (χ1v) is 39.6. The van der Waals surface area contributed by atoms with Crippen LogP contribution in [0.1, 0.15) is 433 Å². The first-order chi connectivity index (χ1) is 45.7. The van der Waals surface area contributed by atoms with Crippen molar-refractivity contribution in [3.63, 3.8) is 0 Å². The van der Waals surface area contributed by atoms with Gasteiger partial charge in [0.2, 0.25) is 0 Å². The molecule has 0 rings (SSSR count). The zero-order valence-corrected chi connectivity index (χ0v) is 62.4. The van der Waals surface area contributed by atoms with E-state index in [2.05, 4.69) is 71.1 Å². The number of carboxylic acids is 5. The lowest BCUT2D eigenvalue weighted by Crippen LogP contribution is -2.15. The lowest BCUT2D eigenvalue weighted by atomic mass is 10.1. The van der Waals surface area contributed by atoms with Crippen LogP contribution in [0, 0.1) is 0 Å². The quantitative estimate of drug-likeness (QED) is 0.0209. The molecule has 0 aromatic carbocycles. The maximum absolute atomic E-state index is 10.3. The molecule has 0 aromatic heterocycles. The van der Waals surface area contributed by atoms with Crippen LogP contribution in [0.3, 0.4) is 0 Å². The highest BCUT2D eigenvalue weighted by atomic mass is 16.4. The predicted molar refractivity (Wildman–Crippen MR) is 400 cm³/mol. The molecule has 0 aliphatic heterocycles. The minimum absolute atomic E-state index is 0.332. The minimum Gasteiger partial charge on any atom is -0.481 e. The molecule has 0 amide bonds. The molecule has 0 saturated carbocycles. The van der Waals surface area contributed by atoms with E-state index in [1.165, 1.54) is 302 Å². The first-order valence-electron chi connectivity index (χ1n) is 39.6. The molecule has 13 nitrogen and oxygen atoms in total. The van der Waals surface area contributed by atoms with Crippen molar-refractivity contribution in [1.29, 1.82) is 0 Å². The fraction of sp³-hybridized carbons (Fsp3) is 0.864. The van der Waals surface area contributed by atoms with E-state index in [0.717, 1.165) is 64.2 Å². The van der Waals surface area contributed by atoms with E-state index in [0.29, 0.717) is 32.1 Å². The molecule has 0 aromatic rings. The first kappa shape index (κ1) is 101. The fourth-order valence-electron chi connectivity index (χ4n) is 10.3. The second kappa shape index (κ2) is 98.1. The average Bonchev–Trinajstić information content (AvgIpc) is 3.57. The van der Waals surface area contributed by atoms with Crippen LogP contribution in [-0.2, 0) is 24.0 Å². The van der Waals surface area contributed by atoms with Crippen molar-refractivity contribution in [2.24, 2.45) is 0 Å². The van der Waals surface area contributed by atoms with Crippen LogP contribution in [0.4, 0.5) is 0 Å². The van der Waals surface area contributed by atoms with Gasteiger partial charge in [-0.1, -0.05) is 328 Å². The van der Waals surface area contributed by atoms with Gasteiger partial charge in [-0.15, -0.1) is 0 Å². The van der Waals surface area contributed by atoms with Gasteiger partial charge in [-0.3, -0.25) is 24.0 Å². The van der Waals surface area contributed by atoms with Gasteiger partial charge in [0.05, 0.1) is 13.2 Å². The van der Waals surface area contributed by atoms with E-state index >= 15 is 0 Å². The van der Waals surface area contributed by atoms with Crippen LogP contribution < -0.4 is 0 Å². The molecule has 0 aliphatic rings. The summed E-state index contributed by atoms with van der Waals surface area (Å²) < 4.78 is 0. The smallest absolute Gasteiger partial charge is 0.303 e. The Labute approximate surface area is 580 Å². The van der Waals surface area contributed by atoms with Gasteiger partial charge in [0, 0.05) is 32.1 Å². The summed E-state index contributed by atoms with van der Waals surface area (Å²) in [5.41, 5.74) is 0. The molecule has 0 radical (unpaired) electrons. The summed E-state index contributed by atoms with van der Waals surface area (Å²) in [7, 11) is 0. The van der Waals surface area contributed by atoms with Gasteiger partial charge in [-0.25, -0.2) is 0 Å². The van der Waals surface area contributed by atoms with Crippen molar-refractivity contribution in [2.75, 3.05) is 13.2 Å². The molecule has 8 N–H and O–H groups in total. The number of unbranched alkanes of at least 4 members (excludes halogenated alkanes) is 49. The van der Waals surface area contributed by atoms with E-state index in [-0.39, 0.29) is 13.2 Å². The predicted octanol–water partition coefficient (Wildman–Crippen LogP) is 24.6. The van der Waals surface area contributed by atoms with Gasteiger partial charge < -0.3 is 40.9 Å². The van der Waals surface area contributed by atoms with Crippen LogP contribution >= 0.6 is 0 Å². The molecule has 0 fully saturated rings. The molecule has 0 heterocycles. The lowest BCUT2D eigenvalue weighted by molar-refractivity contribution is -0.138. The zero-order chi connectivity index (χ0) is 71.0. The molecule has 13 heteroatoms. The topological polar surface area (TPSA) is 247 Å². The van der Waals surface area contributed by atoms with Crippen LogP contribution in [0.25, 0.3) is 0 Å². The van der Waals surface area contributed by atoms with Crippen LogP contribution in [-0.4, -0.2) is 90.0 Å². The summed E-state index contributed by atoms with van der Waals surface area (Å²) >= 11 is 0. The molecule has 0 saturated heterocycles. The number of allylic oxidation sites excluding steroid dienone is 6. The minimum atomic E-state index is -0.954. The van der Waals surface area contributed by atoms with E-state index in [1.807, 2.05) is 0 Å². The number of aliphatic hydroxyl groups excluding tert-OH is 3. The molecule has 94 heavy (non-hydrogen) atoms. The number of rotatable bonds is 67. The normalized spacial score (nSPS) is 10.9. The summed E-state index contributed by atoms with van der Waals surface area (Å²) in [6, 6.07) is 0. The van der Waals surface area contributed by atoms with E-state index in [9.17, 15) is 24.0 Å². The van der Waals surface area contributed by atoms with Gasteiger partial charge in [-0.2, -0.15) is 0 Å². The Bertz CT molecular complexity index is 1390. The Hall–Kier alpha value is -3.55. The van der Waals surface area contributed by atoms with Gasteiger partial charge in [0.1, 0.15) is 6.10 Å². The molecule has 0 bridgehead atoms. The zero-order valence-electron chi connectivity index (χ0n) is 62.4. The largest absolute Gasteiger partial charge is 0.481 e. The van der Waals surface area contributed by atoms with E-state index in [4.69, 9.17) is 40.9 Å². The van der Waals surface area contributed by atoms with Crippen molar-refractivity contribution in [1.82, 2.24) is 0 Å². The average molecular weight is 1340 g/mol. The maximum Gasteiger partial charge on any atom is 0.303 e. The van der Waals surface area contributed by atoms with Gasteiger partial charge in [0.25, 0.3) is 0 Å². The molecule has 0 aliphatic carbocycles. The summed E-state index contributed by atoms with van der Waals surface area (Å²) in [4.78, 5) is 51.4. The third-order valence-electron chi connectivity index (χ3n) is 16.4. The number of carboxylic acid groups (broad SMARTS) is 5. The summed E-state index contributed by atoms with van der Waals surface area (Å²) in [6.07, 6.45) is 85.7. The van der Waals surface area contributed by atoms with E-state index < -0.39 is 36.0 Å². The molecular formula is C81H158O13. The van der Waals surface area contributed by atoms with Crippen molar-refractivity contribution >= 4 is 29.8 Å². The van der Waals surface area contributed by atoms with Crippen LogP contribution in [0.15, 0.2) is 36.5 Å². The second-order valence-corrected chi connectivity index (χ2v) is 26.1. The highest BCUT2D eigenvalue weighted by Gasteiger charge is 2.01. The van der Waals surface area contributed by atoms with Gasteiger partial charge >= 0.3 is 29.8 Å². The Morgan fingerprint density at radius 3 is 0.436 bits per heavy atom. The second-order valence-electron chi connectivity index (χ2n) is 26.1. The standard InChI is InChI=1S/3C18H34O2.2C12H24O2.C3H8O3/c3*1-2-3-4-5-6-7-8-9-10-11-12-13-14-15-16-17-18(19)20;2*1-2-3-4-5-6-7-8-9-10-11-12(13)14;4-1-3(6)2-5/h3*9-10H,2-8,11-17H2,1H3,(H,19,20);2*2-11H2,1H3,(H,13,14);3-6H,1-2H2/b3*10-9-;;;. The number of hydrogen-bond donors (Lipinski definition) is 8. The third kappa shape index (κ3) is 125. The molecule has 0 atom stereocenters. The van der Waals surface area contributed by atoms with Crippen molar-refractivity contribution in [2.45, 2.75) is 439 Å². The highest BCUT2D eigenvalue weighted by Crippen LogP contribution is 2.15. The van der Waals surface area contributed by atoms with E-state index in [1.54, 1.807) is 0 Å². The van der Waals surface area contributed by atoms with Gasteiger partial charge in [0.15, 0.2) is 0 Å². The Morgan fingerprint density at radius 1 is 0.213 bits per heavy atom. The lowest BCUT2D eigenvalue weighted by Gasteiger charge is -2.00. The maximum atomic E-state index is 10.3. The van der Waals surface area contributed by atoms with Crippen LogP contribution in [0.2, 0.25) is 0 Å². The molecule has 0 spiro atoms. The summed E-state index contributed by atoms with van der Waals surface area (Å²) in [6.45, 7) is 10.5. The van der Waals surface area contributed by atoms with Crippen molar-refractivity contribution in [3.8, 4) is 0 Å². The highest BCUT2D eigenvalue weighted by molar-refractivity contribution is 5.67. The number of aliphatic hydroxyl groups is 3. The molecular weight excluding hydrogens is 1180 g/mol. The summed E-state index contributed by atoms with van der Waals surface area (Å²) in [5, 5.41) is 66.4. The number of carbonyl (C=O) groups is 5. The third-order valence-corrected chi connectivity index (χ3v) is 16.4. The van der Waals surface area contributed by atoms with Crippen molar-refractivity contribution < 1.29 is 64.8 Å². The number of aliphatic carboxylic acids is 5.